The molecule has 1 aromatic carbocycles. The molecule has 0 spiro atoms. The van der Waals surface area contributed by atoms with Crippen molar-refractivity contribution < 1.29 is 4.79 Å². The molecule has 1 aliphatic heterocycles. The van der Waals surface area contributed by atoms with Crippen molar-refractivity contribution >= 4 is 11.9 Å². The summed E-state index contributed by atoms with van der Waals surface area (Å²) in [5, 5.41) is 7.00. The van der Waals surface area contributed by atoms with E-state index < -0.39 is 0 Å². The monoisotopic (exact) mass is 398 g/mol. The third-order valence-electron chi connectivity index (χ3n) is 6.19. The van der Waals surface area contributed by atoms with Gasteiger partial charge in [0.25, 0.3) is 0 Å². The number of carbonyl (C=O) groups excluding carboxylic acids is 1. The molecule has 2 N–H and O–H groups in total. The van der Waals surface area contributed by atoms with Gasteiger partial charge in [-0.15, -0.1) is 0 Å². The molecule has 1 aromatic rings. The van der Waals surface area contributed by atoms with Crippen LogP contribution < -0.4 is 10.6 Å². The van der Waals surface area contributed by atoms with E-state index in [0.29, 0.717) is 24.9 Å². The summed E-state index contributed by atoms with van der Waals surface area (Å²) in [6.45, 7) is 10.9. The number of hydrogen-bond donors (Lipinski definition) is 2. The van der Waals surface area contributed by atoms with E-state index in [0.717, 1.165) is 37.9 Å². The second-order valence-electron chi connectivity index (χ2n) is 9.24. The molecule has 0 radical (unpaired) electrons. The van der Waals surface area contributed by atoms with Crippen LogP contribution >= 0.6 is 0 Å². The van der Waals surface area contributed by atoms with Crippen LogP contribution in [-0.4, -0.2) is 36.4 Å². The summed E-state index contributed by atoms with van der Waals surface area (Å²) >= 11 is 0. The normalized spacial score (nSPS) is 18.8. The molecule has 1 saturated heterocycles. The fourth-order valence-corrected chi connectivity index (χ4v) is 4.70. The van der Waals surface area contributed by atoms with Gasteiger partial charge in [0.1, 0.15) is 0 Å². The Morgan fingerprint density at radius 2 is 2.00 bits per heavy atom. The number of nitrogens with zero attached hydrogens (tertiary/aromatic N) is 2. The van der Waals surface area contributed by atoms with E-state index in [9.17, 15) is 4.79 Å². The zero-order valence-corrected chi connectivity index (χ0v) is 18.5. The average molecular weight is 399 g/mol. The van der Waals surface area contributed by atoms with E-state index in [1.807, 2.05) is 4.90 Å². The first-order chi connectivity index (χ1) is 14.0. The minimum Gasteiger partial charge on any atom is -0.357 e. The van der Waals surface area contributed by atoms with Gasteiger partial charge in [-0.25, -0.2) is 4.99 Å². The third kappa shape index (κ3) is 6.22. The van der Waals surface area contributed by atoms with Gasteiger partial charge >= 0.3 is 0 Å². The Morgan fingerprint density at radius 3 is 2.62 bits per heavy atom. The van der Waals surface area contributed by atoms with Crippen LogP contribution in [0.3, 0.4) is 0 Å². The second-order valence-corrected chi connectivity index (χ2v) is 9.24. The number of likely N-dealkylation sites (tertiary alicyclic amines) is 1. The van der Waals surface area contributed by atoms with Gasteiger partial charge in [0.05, 0.1) is 6.54 Å². The fourth-order valence-electron chi connectivity index (χ4n) is 4.70. The predicted molar refractivity (Wildman–Crippen MR) is 120 cm³/mol. The highest BCUT2D eigenvalue weighted by Gasteiger charge is 2.37. The molecule has 1 amide bonds. The highest BCUT2D eigenvalue weighted by atomic mass is 16.2. The van der Waals surface area contributed by atoms with E-state index in [2.05, 4.69) is 55.7 Å². The van der Waals surface area contributed by atoms with E-state index in [1.165, 1.54) is 36.8 Å². The highest BCUT2D eigenvalue weighted by molar-refractivity contribution is 5.79. The van der Waals surface area contributed by atoms with Gasteiger partial charge in [0.2, 0.25) is 5.91 Å². The lowest BCUT2D eigenvalue weighted by Gasteiger charge is -2.43. The van der Waals surface area contributed by atoms with Crippen LogP contribution in [0.5, 0.6) is 0 Å². The van der Waals surface area contributed by atoms with Crippen molar-refractivity contribution in [3.05, 3.63) is 35.4 Å². The fraction of sp³-hybridized carbons (Fsp3) is 0.667. The van der Waals surface area contributed by atoms with E-state index in [1.54, 1.807) is 0 Å². The third-order valence-corrected chi connectivity index (χ3v) is 6.19. The molecular formula is C24H38N4O. The van der Waals surface area contributed by atoms with Gasteiger partial charge in [-0.2, -0.15) is 0 Å². The zero-order valence-electron chi connectivity index (χ0n) is 18.5. The van der Waals surface area contributed by atoms with Crippen LogP contribution in [0.4, 0.5) is 0 Å². The quantitative estimate of drug-likeness (QED) is 0.487. The molecule has 1 heterocycles. The molecule has 2 aliphatic rings. The molecule has 160 valence electrons. The van der Waals surface area contributed by atoms with Crippen molar-refractivity contribution in [3.8, 4) is 0 Å². The summed E-state index contributed by atoms with van der Waals surface area (Å²) in [6, 6.07) is 8.49. The molecule has 0 aromatic heterocycles. The van der Waals surface area contributed by atoms with Gasteiger partial charge in [-0.05, 0) is 55.1 Å². The van der Waals surface area contributed by atoms with Crippen molar-refractivity contribution in [1.29, 1.82) is 0 Å². The Labute approximate surface area is 176 Å². The van der Waals surface area contributed by atoms with E-state index in [4.69, 9.17) is 4.99 Å². The lowest BCUT2D eigenvalue weighted by Crippen LogP contribution is -2.47. The first-order valence-corrected chi connectivity index (χ1v) is 11.4. The maximum absolute atomic E-state index is 11.9. The Bertz CT molecular complexity index is 709. The molecule has 0 unspecified atom stereocenters. The molecule has 5 nitrogen and oxygen atoms in total. The summed E-state index contributed by atoms with van der Waals surface area (Å²) in [7, 11) is 0. The molecule has 29 heavy (non-hydrogen) atoms. The summed E-state index contributed by atoms with van der Waals surface area (Å²) < 4.78 is 0. The van der Waals surface area contributed by atoms with E-state index in [-0.39, 0.29) is 5.91 Å². The van der Waals surface area contributed by atoms with Crippen LogP contribution in [-0.2, 0) is 17.9 Å². The molecule has 0 atom stereocenters. The molecule has 2 fully saturated rings. The minimum atomic E-state index is 0.276. The summed E-state index contributed by atoms with van der Waals surface area (Å²) in [6.07, 6.45) is 6.98. The standard InChI is InChI=1S/C24H38N4O/c1-4-25-23(27-18-24(11-7-12-24)15-19(2)3)26-16-20-8-5-9-21(14-20)17-28-13-6-10-22(28)29/h5,8-9,14,19H,4,6-7,10-13,15-18H2,1-3H3,(H2,25,26,27). The van der Waals surface area contributed by atoms with Crippen LogP contribution in [0.15, 0.2) is 29.3 Å². The Kier molecular flexibility index (Phi) is 7.57. The Balaban J connectivity index is 1.58. The van der Waals surface area contributed by atoms with Crippen molar-refractivity contribution in [3.63, 3.8) is 0 Å². The van der Waals surface area contributed by atoms with Crippen LogP contribution in [0.1, 0.15) is 70.4 Å². The topological polar surface area (TPSA) is 56.7 Å². The molecule has 1 aliphatic carbocycles. The smallest absolute Gasteiger partial charge is 0.222 e. The number of guanidine groups is 1. The Hall–Kier alpha value is -2.04. The molecule has 0 bridgehead atoms. The van der Waals surface area contributed by atoms with Gasteiger partial charge in [0, 0.05) is 32.6 Å². The predicted octanol–water partition coefficient (Wildman–Crippen LogP) is 4.08. The number of hydrogen-bond acceptors (Lipinski definition) is 2. The van der Waals surface area contributed by atoms with Crippen LogP contribution in [0.2, 0.25) is 0 Å². The van der Waals surface area contributed by atoms with Crippen molar-refractivity contribution in [2.45, 2.75) is 72.4 Å². The molecule has 3 rings (SSSR count). The van der Waals surface area contributed by atoms with Crippen LogP contribution in [0, 0.1) is 11.3 Å². The number of aliphatic imine (C=N–C) groups is 1. The summed E-state index contributed by atoms with van der Waals surface area (Å²) in [5.41, 5.74) is 2.83. The largest absolute Gasteiger partial charge is 0.357 e. The first kappa shape index (κ1) is 21.7. The molecule has 5 heteroatoms. The number of carbonyl (C=O) groups is 1. The van der Waals surface area contributed by atoms with Crippen LogP contribution in [0.25, 0.3) is 0 Å². The lowest BCUT2D eigenvalue weighted by atomic mass is 9.64. The SMILES string of the molecule is CCNC(=NCc1cccc(CN2CCCC2=O)c1)NCC1(CC(C)C)CCC1. The summed E-state index contributed by atoms with van der Waals surface area (Å²) in [4.78, 5) is 18.7. The van der Waals surface area contributed by atoms with Crippen molar-refractivity contribution in [2.75, 3.05) is 19.6 Å². The maximum Gasteiger partial charge on any atom is 0.222 e. The first-order valence-electron chi connectivity index (χ1n) is 11.4. The number of benzene rings is 1. The van der Waals surface area contributed by atoms with Crippen molar-refractivity contribution in [2.24, 2.45) is 16.3 Å². The number of nitrogens with one attached hydrogen (secondary N) is 2. The van der Waals surface area contributed by atoms with Gasteiger partial charge in [0.15, 0.2) is 5.96 Å². The average Bonchev–Trinajstić information content (AvgIpc) is 3.06. The Morgan fingerprint density at radius 1 is 1.21 bits per heavy atom. The molecular weight excluding hydrogens is 360 g/mol. The van der Waals surface area contributed by atoms with Crippen molar-refractivity contribution in [1.82, 2.24) is 15.5 Å². The minimum absolute atomic E-state index is 0.276. The number of rotatable bonds is 9. The van der Waals surface area contributed by atoms with Gasteiger partial charge < -0.3 is 15.5 Å². The summed E-state index contributed by atoms with van der Waals surface area (Å²) in [5.74, 6) is 1.92. The second kappa shape index (κ2) is 10.1. The van der Waals surface area contributed by atoms with Gasteiger partial charge in [-0.1, -0.05) is 44.5 Å². The lowest BCUT2D eigenvalue weighted by molar-refractivity contribution is -0.128. The molecule has 1 saturated carbocycles. The zero-order chi connectivity index (χ0) is 20.7. The highest BCUT2D eigenvalue weighted by Crippen LogP contribution is 2.45. The maximum atomic E-state index is 11.9. The van der Waals surface area contributed by atoms with Gasteiger partial charge in [-0.3, -0.25) is 4.79 Å². The number of amides is 1. The van der Waals surface area contributed by atoms with E-state index >= 15 is 0 Å².